The first-order chi connectivity index (χ1) is 16.8. The fraction of sp³-hybridized carbons (Fsp3) is 0.125. The molecule has 0 atom stereocenters. The summed E-state index contributed by atoms with van der Waals surface area (Å²) >= 11 is 0. The van der Waals surface area contributed by atoms with E-state index in [4.69, 9.17) is 4.74 Å². The Bertz CT molecular complexity index is 1500. The van der Waals surface area contributed by atoms with Crippen LogP contribution in [-0.4, -0.2) is 18.9 Å². The Balaban J connectivity index is 1.52. The maximum absolute atomic E-state index is 12.8. The number of anilines is 1. The largest absolute Gasteiger partial charge is 0.516 e. The highest BCUT2D eigenvalue weighted by molar-refractivity contribution is 7.93. The Morgan fingerprint density at radius 1 is 0.833 bits per heavy atom. The first kappa shape index (κ1) is 25.3. The van der Waals surface area contributed by atoms with Gasteiger partial charge in [-0.15, -0.1) is 0 Å². The summed E-state index contributed by atoms with van der Waals surface area (Å²) in [6.45, 7) is -0.00393. The van der Waals surface area contributed by atoms with Gasteiger partial charge in [-0.25, -0.2) is 4.98 Å². The summed E-state index contributed by atoms with van der Waals surface area (Å²) in [6.07, 6.45) is -4.44. The second-order valence-electron chi connectivity index (χ2n) is 7.62. The first-order valence-corrected chi connectivity index (χ1v) is 11.7. The van der Waals surface area contributed by atoms with Gasteiger partial charge in [-0.2, -0.15) is 34.8 Å². The SMILES string of the molecule is O=S(=O)(Nc1ccc2c(OCc3cccc(-c4ccc(C(F)(F)F)cc4)n3)cccc2c1)C(F)(F)F. The summed E-state index contributed by atoms with van der Waals surface area (Å²) in [5.41, 5.74) is -5.06. The van der Waals surface area contributed by atoms with E-state index in [1.54, 1.807) is 36.4 Å². The Morgan fingerprint density at radius 3 is 2.19 bits per heavy atom. The van der Waals surface area contributed by atoms with Crippen LogP contribution in [0.25, 0.3) is 22.0 Å². The van der Waals surface area contributed by atoms with Crippen molar-refractivity contribution >= 4 is 26.5 Å². The molecule has 0 amide bonds. The third-order valence-corrected chi connectivity index (χ3v) is 6.20. The van der Waals surface area contributed by atoms with Gasteiger partial charge in [-0.1, -0.05) is 30.3 Å². The third kappa shape index (κ3) is 5.54. The average Bonchev–Trinajstić information content (AvgIpc) is 2.81. The minimum Gasteiger partial charge on any atom is -0.487 e. The van der Waals surface area contributed by atoms with E-state index in [0.717, 1.165) is 12.1 Å². The standard InChI is InChI=1S/C24H16F6N2O3S/c25-23(26,27)17-9-7-15(8-10-17)21-5-2-4-19(31-21)14-35-22-6-1-3-16-13-18(11-12-20(16)22)32-36(33,34)24(28,29)30/h1-13,32H,14H2. The number of benzene rings is 3. The van der Waals surface area contributed by atoms with Crippen molar-refractivity contribution in [3.8, 4) is 17.0 Å². The Labute approximate surface area is 201 Å². The van der Waals surface area contributed by atoms with Crippen molar-refractivity contribution in [1.29, 1.82) is 0 Å². The molecule has 0 spiro atoms. The summed E-state index contributed by atoms with van der Waals surface area (Å²) in [6, 6.07) is 18.2. The number of nitrogens with zero attached hydrogens (tertiary/aromatic N) is 1. The number of sulfonamides is 1. The molecule has 0 aliphatic rings. The minimum atomic E-state index is -5.56. The fourth-order valence-electron chi connectivity index (χ4n) is 3.36. The summed E-state index contributed by atoms with van der Waals surface area (Å²) in [5, 5.41) is 0.952. The van der Waals surface area contributed by atoms with Crippen molar-refractivity contribution in [3.63, 3.8) is 0 Å². The maximum atomic E-state index is 12.8. The molecule has 4 aromatic rings. The molecule has 0 radical (unpaired) electrons. The van der Waals surface area contributed by atoms with Gasteiger partial charge < -0.3 is 4.74 Å². The zero-order valence-electron chi connectivity index (χ0n) is 18.1. The van der Waals surface area contributed by atoms with E-state index >= 15 is 0 Å². The molecule has 0 unspecified atom stereocenters. The quantitative estimate of drug-likeness (QED) is 0.282. The van der Waals surface area contributed by atoms with Gasteiger partial charge in [0.25, 0.3) is 0 Å². The molecule has 1 aromatic heterocycles. The predicted molar refractivity (Wildman–Crippen MR) is 122 cm³/mol. The van der Waals surface area contributed by atoms with E-state index in [-0.39, 0.29) is 12.3 Å². The number of ether oxygens (including phenoxy) is 1. The average molecular weight is 526 g/mol. The van der Waals surface area contributed by atoms with Crippen LogP contribution in [0.15, 0.2) is 78.9 Å². The highest BCUT2D eigenvalue weighted by atomic mass is 32.2. The number of hydrogen-bond donors (Lipinski definition) is 1. The van der Waals surface area contributed by atoms with Crippen molar-refractivity contribution in [2.24, 2.45) is 0 Å². The second kappa shape index (κ2) is 9.34. The Hall–Kier alpha value is -3.80. The first-order valence-electron chi connectivity index (χ1n) is 10.2. The normalized spacial score (nSPS) is 12.5. The number of hydrogen-bond acceptors (Lipinski definition) is 4. The molecule has 0 aliphatic heterocycles. The Morgan fingerprint density at radius 2 is 1.53 bits per heavy atom. The number of alkyl halides is 6. The van der Waals surface area contributed by atoms with E-state index in [0.29, 0.717) is 33.5 Å². The van der Waals surface area contributed by atoms with Gasteiger partial charge in [0.1, 0.15) is 12.4 Å². The Kier molecular flexibility index (Phi) is 6.56. The van der Waals surface area contributed by atoms with E-state index in [1.807, 2.05) is 0 Å². The van der Waals surface area contributed by atoms with E-state index in [1.165, 1.54) is 35.1 Å². The number of aromatic nitrogens is 1. The molecule has 0 saturated heterocycles. The second-order valence-corrected chi connectivity index (χ2v) is 9.30. The van der Waals surface area contributed by atoms with Gasteiger partial charge >= 0.3 is 21.7 Å². The zero-order valence-corrected chi connectivity index (χ0v) is 18.9. The van der Waals surface area contributed by atoms with Gasteiger partial charge in [0, 0.05) is 16.6 Å². The lowest BCUT2D eigenvalue weighted by Crippen LogP contribution is -2.29. The molecule has 4 rings (SSSR count). The fourth-order valence-corrected chi connectivity index (χ4v) is 3.91. The van der Waals surface area contributed by atoms with Gasteiger partial charge in [0.15, 0.2) is 0 Å². The number of pyridine rings is 1. The summed E-state index contributed by atoms with van der Waals surface area (Å²) < 4.78 is 106. The van der Waals surface area contributed by atoms with E-state index < -0.39 is 27.3 Å². The molecule has 36 heavy (non-hydrogen) atoms. The van der Waals surface area contributed by atoms with Crippen LogP contribution in [0.3, 0.4) is 0 Å². The van der Waals surface area contributed by atoms with Crippen LogP contribution in [0.2, 0.25) is 0 Å². The predicted octanol–water partition coefficient (Wildman–Crippen LogP) is 6.76. The highest BCUT2D eigenvalue weighted by Crippen LogP contribution is 2.32. The van der Waals surface area contributed by atoms with Gasteiger partial charge in [-0.05, 0) is 53.9 Å². The maximum Gasteiger partial charge on any atom is 0.516 e. The van der Waals surface area contributed by atoms with Gasteiger partial charge in [-0.3, -0.25) is 4.72 Å². The van der Waals surface area contributed by atoms with E-state index in [2.05, 4.69) is 4.98 Å². The zero-order chi connectivity index (χ0) is 26.1. The van der Waals surface area contributed by atoms with Crippen LogP contribution in [-0.2, 0) is 22.8 Å². The molecule has 3 aromatic carbocycles. The number of fused-ring (bicyclic) bond motifs is 1. The smallest absolute Gasteiger partial charge is 0.487 e. The number of nitrogens with one attached hydrogen (secondary N) is 1. The molecule has 5 nitrogen and oxygen atoms in total. The summed E-state index contributed by atoms with van der Waals surface area (Å²) in [5.74, 6) is 0.375. The van der Waals surface area contributed by atoms with Crippen LogP contribution in [0.1, 0.15) is 11.3 Å². The summed E-state index contributed by atoms with van der Waals surface area (Å²) in [7, 11) is -5.56. The van der Waals surface area contributed by atoms with Crippen molar-refractivity contribution in [2.75, 3.05) is 4.72 Å². The van der Waals surface area contributed by atoms with Crippen molar-refractivity contribution in [1.82, 2.24) is 4.98 Å². The lowest BCUT2D eigenvalue weighted by Gasteiger charge is -2.13. The molecular weight excluding hydrogens is 510 g/mol. The number of halogens is 6. The van der Waals surface area contributed by atoms with Crippen LogP contribution in [0.4, 0.5) is 32.0 Å². The molecule has 0 bridgehead atoms. The molecule has 1 N–H and O–H groups in total. The van der Waals surface area contributed by atoms with Gasteiger partial charge in [0.2, 0.25) is 0 Å². The number of rotatable bonds is 6. The van der Waals surface area contributed by atoms with Crippen molar-refractivity contribution in [3.05, 3.63) is 90.1 Å². The lowest BCUT2D eigenvalue weighted by molar-refractivity contribution is -0.137. The van der Waals surface area contributed by atoms with Crippen LogP contribution < -0.4 is 9.46 Å². The molecule has 0 aliphatic carbocycles. The van der Waals surface area contributed by atoms with Crippen LogP contribution in [0.5, 0.6) is 5.75 Å². The molecule has 1 heterocycles. The summed E-state index contributed by atoms with van der Waals surface area (Å²) in [4.78, 5) is 4.42. The highest BCUT2D eigenvalue weighted by Gasteiger charge is 2.46. The molecular formula is C24H16F6N2O3S. The monoisotopic (exact) mass is 526 g/mol. The van der Waals surface area contributed by atoms with Crippen LogP contribution in [0, 0.1) is 0 Å². The van der Waals surface area contributed by atoms with Crippen LogP contribution >= 0.6 is 0 Å². The molecule has 188 valence electrons. The molecule has 12 heteroatoms. The molecule has 0 fully saturated rings. The third-order valence-electron chi connectivity index (χ3n) is 5.09. The van der Waals surface area contributed by atoms with Crippen molar-refractivity contribution < 1.29 is 39.5 Å². The molecule has 0 saturated carbocycles. The lowest BCUT2D eigenvalue weighted by atomic mass is 10.1. The topological polar surface area (TPSA) is 68.3 Å². The minimum absolute atomic E-state index is 0.00393. The van der Waals surface area contributed by atoms with E-state index in [9.17, 15) is 34.8 Å². The van der Waals surface area contributed by atoms with Gasteiger partial charge in [0.05, 0.1) is 17.0 Å². The van der Waals surface area contributed by atoms with Crippen molar-refractivity contribution in [2.45, 2.75) is 18.3 Å².